The molecule has 0 saturated carbocycles. The molecule has 7 heterocycles. The molecule has 0 unspecified atom stereocenters. The van der Waals surface area contributed by atoms with Crippen LogP contribution in [0.25, 0.3) is 11.1 Å². The number of hydrazine groups is 1. The molecule has 12 N–H and O–H groups in total. The fourth-order valence-corrected chi connectivity index (χ4v) is 15.9. The summed E-state index contributed by atoms with van der Waals surface area (Å²) in [6, 6.07) is -4.61. The third kappa shape index (κ3) is 14.8. The summed E-state index contributed by atoms with van der Waals surface area (Å²) in [5.74, 6) is -14.9. The second-order valence-corrected chi connectivity index (χ2v) is 30.7. The number of aliphatic hydroxyl groups is 5. The van der Waals surface area contributed by atoms with Crippen LogP contribution in [-0.2, 0) is 89.4 Å². The SMILES string of the molecule is CC[C@@H]1NC(=O)[C@H]2C[C@@H](O)CNN2C(=O)[C@H](C(C)C)OC(=O)[C@@H](C(C)C)NC(=O)[C@@H]2C[C@@]3(O)c4cc(-c5ccc6c(c5)[C@]5(O)C[C@H]7C(=O)N[C@H](C(C)C)C(=O)O[C@@H](C(C)C)C(=O)N8CC[C@H](C)C[C@@H]8C(=O)N[C@@H](COC)C(=O)N[C@H]([C@H](C)O)C(=O)N7[C@@H]5N6)ccc4C[C@H]3N2C(=O)[C@@H]([C@H](C)O)CC1=O. The van der Waals surface area contributed by atoms with E-state index in [9.17, 15) is 63.9 Å². The van der Waals surface area contributed by atoms with Crippen molar-refractivity contribution in [3.05, 3.63) is 53.1 Å². The van der Waals surface area contributed by atoms with Gasteiger partial charge >= 0.3 is 11.9 Å². The number of aliphatic hydroxyl groups excluding tert-OH is 3. The van der Waals surface area contributed by atoms with Crippen LogP contribution >= 0.6 is 0 Å². The molecule has 1 aliphatic carbocycles. The van der Waals surface area contributed by atoms with E-state index in [1.165, 1.54) is 25.9 Å². The number of methoxy groups -OCH3 is 1. The van der Waals surface area contributed by atoms with Gasteiger partial charge in [-0.25, -0.2) is 15.0 Å². The van der Waals surface area contributed by atoms with E-state index in [1.54, 1.807) is 98.7 Å². The number of ether oxygens (including phenoxy) is 3. The fourth-order valence-electron chi connectivity index (χ4n) is 15.9. The van der Waals surface area contributed by atoms with Crippen LogP contribution in [0.2, 0.25) is 0 Å². The number of carbonyl (C=O) groups is 12. The first-order chi connectivity index (χ1) is 48.5. The number of ketones is 1. The molecule has 6 fully saturated rings. The van der Waals surface area contributed by atoms with Gasteiger partial charge in [-0.05, 0) is 110 Å². The van der Waals surface area contributed by atoms with Crippen molar-refractivity contribution in [2.24, 2.45) is 35.5 Å². The van der Waals surface area contributed by atoms with Gasteiger partial charge in [-0.3, -0.25) is 53.0 Å². The zero-order valence-electron chi connectivity index (χ0n) is 60.6. The van der Waals surface area contributed by atoms with Crippen LogP contribution in [0, 0.1) is 35.5 Å². The van der Waals surface area contributed by atoms with Crippen molar-refractivity contribution in [3.63, 3.8) is 0 Å². The Kier molecular flexibility index (Phi) is 22.9. The molecule has 9 amide bonds. The average molecular weight is 1440 g/mol. The van der Waals surface area contributed by atoms with Gasteiger partial charge in [-0.15, -0.1) is 0 Å². The Morgan fingerprint density at radius 1 is 0.573 bits per heavy atom. The Balaban J connectivity index is 1.00. The van der Waals surface area contributed by atoms with Gasteiger partial charge in [0.2, 0.25) is 41.4 Å². The van der Waals surface area contributed by atoms with E-state index in [0.717, 1.165) is 14.8 Å². The van der Waals surface area contributed by atoms with Gasteiger partial charge in [0, 0.05) is 57.1 Å². The Morgan fingerprint density at radius 2 is 1.12 bits per heavy atom. The number of hydrogen-bond donors (Lipinski definition) is 12. The Bertz CT molecular complexity index is 3680. The predicted octanol–water partition coefficient (Wildman–Crippen LogP) is -1.01. The molecule has 7 aliphatic heterocycles. The third-order valence-corrected chi connectivity index (χ3v) is 21.9. The number of piperidine rings is 1. The number of nitrogens with zero attached hydrogens (tertiary/aromatic N) is 4. The largest absolute Gasteiger partial charge is 0.450 e. The third-order valence-electron chi connectivity index (χ3n) is 21.9. The molecule has 31 nitrogen and oxygen atoms in total. The highest BCUT2D eigenvalue weighted by Crippen LogP contribution is 2.53. The summed E-state index contributed by atoms with van der Waals surface area (Å²) in [6.45, 7) is 18.6. The van der Waals surface area contributed by atoms with Crippen molar-refractivity contribution < 1.29 is 97.3 Å². The maximum Gasteiger partial charge on any atom is 0.329 e. The number of amides is 9. The molecule has 6 saturated heterocycles. The van der Waals surface area contributed by atoms with Crippen LogP contribution in [0.4, 0.5) is 5.69 Å². The molecule has 20 atom stereocenters. The first kappa shape index (κ1) is 77.4. The molecule has 10 rings (SSSR count). The first-order valence-corrected chi connectivity index (χ1v) is 36.0. The molecule has 103 heavy (non-hydrogen) atoms. The van der Waals surface area contributed by atoms with E-state index in [1.807, 2.05) is 6.92 Å². The van der Waals surface area contributed by atoms with E-state index >= 15 is 19.2 Å². The molecule has 31 heteroatoms. The summed E-state index contributed by atoms with van der Waals surface area (Å²) in [5, 5.41) is 78.0. The summed E-state index contributed by atoms with van der Waals surface area (Å²) < 4.78 is 17.3. The van der Waals surface area contributed by atoms with E-state index in [0.29, 0.717) is 23.1 Å². The molecule has 0 spiro atoms. The number of esters is 2. The van der Waals surface area contributed by atoms with Gasteiger partial charge < -0.3 is 86.3 Å². The van der Waals surface area contributed by atoms with Gasteiger partial charge in [0.1, 0.15) is 65.7 Å². The van der Waals surface area contributed by atoms with Crippen LogP contribution in [0.15, 0.2) is 36.4 Å². The lowest BCUT2D eigenvalue weighted by molar-refractivity contribution is -0.172. The number of carbonyl (C=O) groups excluding carboxylic acids is 12. The average Bonchev–Trinajstić information content (AvgIpc) is 1.55. The predicted molar refractivity (Wildman–Crippen MR) is 366 cm³/mol. The van der Waals surface area contributed by atoms with Gasteiger partial charge in [0.15, 0.2) is 18.0 Å². The molecule has 8 aliphatic rings. The number of anilines is 1. The highest BCUT2D eigenvalue weighted by Gasteiger charge is 2.64. The van der Waals surface area contributed by atoms with E-state index in [-0.39, 0.29) is 61.5 Å². The number of Topliss-reactive ketones (excluding diaryl/α,β-unsaturated/α-hetero) is 1. The topological polar surface area (TPSA) is 431 Å². The maximum absolute atomic E-state index is 15.5. The van der Waals surface area contributed by atoms with Crippen LogP contribution in [0.3, 0.4) is 0 Å². The normalized spacial score (nSPS) is 34.4. The van der Waals surface area contributed by atoms with Crippen LogP contribution in [-0.4, -0.2) is 240 Å². The van der Waals surface area contributed by atoms with E-state index in [4.69, 9.17) is 14.2 Å². The number of nitrogens with one attached hydrogen (secondary N) is 7. The molecule has 564 valence electrons. The second-order valence-electron chi connectivity index (χ2n) is 30.7. The molecular weight excluding hydrogens is 1340 g/mol. The summed E-state index contributed by atoms with van der Waals surface area (Å²) in [6.07, 6.45) is -10.2. The molecule has 2 aromatic carbocycles. The number of fused-ring (bicyclic) bond motifs is 12. The number of β-amino-alcohol motifs (C(OH)–C–C–N with tert-alkyl or cyclic N) is 1. The first-order valence-electron chi connectivity index (χ1n) is 36.0. The van der Waals surface area contributed by atoms with Gasteiger partial charge in [0.25, 0.3) is 11.8 Å². The monoisotopic (exact) mass is 1440 g/mol. The second kappa shape index (κ2) is 30.5. The zero-order chi connectivity index (χ0) is 75.5. The Morgan fingerprint density at radius 3 is 1.69 bits per heavy atom. The molecular formula is C72H101N11O20. The lowest BCUT2D eigenvalue weighted by Crippen LogP contribution is -2.65. The van der Waals surface area contributed by atoms with Crippen molar-refractivity contribution in [2.75, 3.05) is 32.1 Å². The maximum atomic E-state index is 15.5. The highest BCUT2D eigenvalue weighted by atomic mass is 16.6. The zero-order valence-corrected chi connectivity index (χ0v) is 60.6. The van der Waals surface area contributed by atoms with Crippen LogP contribution in [0.5, 0.6) is 0 Å². The van der Waals surface area contributed by atoms with Crippen molar-refractivity contribution in [2.45, 2.75) is 243 Å². The Hall–Kier alpha value is -8.20. The fraction of sp³-hybridized carbons (Fsp3) is 0.667. The lowest BCUT2D eigenvalue weighted by Gasteiger charge is -2.40. The summed E-state index contributed by atoms with van der Waals surface area (Å²) >= 11 is 0. The molecule has 0 radical (unpaired) electrons. The smallest absolute Gasteiger partial charge is 0.329 e. The van der Waals surface area contributed by atoms with E-state index < -0.39 is 235 Å². The molecule has 2 aromatic rings. The number of hydrogen-bond acceptors (Lipinski definition) is 22. The van der Waals surface area contributed by atoms with Crippen LogP contribution in [0.1, 0.15) is 145 Å². The van der Waals surface area contributed by atoms with Crippen molar-refractivity contribution in [3.8, 4) is 11.1 Å². The van der Waals surface area contributed by atoms with Gasteiger partial charge in [-0.2, -0.15) is 0 Å². The summed E-state index contributed by atoms with van der Waals surface area (Å²) in [5.41, 5.74) is 0.608. The number of rotatable bonds is 10. The Labute approximate surface area is 597 Å². The van der Waals surface area contributed by atoms with Crippen LogP contribution < -0.4 is 37.3 Å². The minimum Gasteiger partial charge on any atom is -0.450 e. The minimum absolute atomic E-state index is 0.0107. The molecule has 0 aromatic heterocycles. The van der Waals surface area contributed by atoms with E-state index in [2.05, 4.69) is 37.3 Å². The summed E-state index contributed by atoms with van der Waals surface area (Å²) in [7, 11) is 1.28. The van der Waals surface area contributed by atoms with Crippen molar-refractivity contribution in [1.82, 2.24) is 51.7 Å². The van der Waals surface area contributed by atoms with Gasteiger partial charge in [0.05, 0.1) is 42.9 Å². The standard InChI is InChI=1S/C72H101N11O20/c1-14-45-52(87)26-42(36(11)84)64(93)81-50(62(91)77-55(32(4)5)69(98)103-58(34(8)9)67(96)83-49(61(90)74-45)25-41(86)29-73-83)27-71(99)43-22-38(15-16-40(43)24-53(71)81)39-17-18-46-44(23-39)72(100)28-51-63(92)78-54(31(2)3)68(97)102-57(33(6)7)66(95)80-20-19-35(10)21-48(80)60(89)75-47(30-101-13)59(88)79-56(37(12)85)65(94)82(51)70(72)76-46/h15-18,22-23,31-37,41-42,45,47-51,53-58,70,73,76,84-86,99-100H,14,19-21,24-30H2,1-13H3,(H,74,90)(H,75,89)(H,77,91)(H,78,92)(H,79,88)/t35-,36-,37-,41+,42+,45-,47-,48+,49+,50-,51-,53+,54+,55+,56+,57-,58-,70-,71+,72+/m0/s1. The molecule has 0 bridgehead atoms. The van der Waals surface area contributed by atoms with Crippen molar-refractivity contribution >= 4 is 76.6 Å². The quantitative estimate of drug-likeness (QED) is 0.127. The van der Waals surface area contributed by atoms with Gasteiger partial charge in [-0.1, -0.05) is 87.4 Å². The summed E-state index contributed by atoms with van der Waals surface area (Å²) in [4.78, 5) is 180. The number of benzene rings is 2. The lowest BCUT2D eigenvalue weighted by atomic mass is 9.86. The number of cyclic esters (lactones) is 2. The minimum atomic E-state index is -2.18. The highest BCUT2D eigenvalue weighted by molar-refractivity contribution is 6.01. The van der Waals surface area contributed by atoms with Crippen molar-refractivity contribution in [1.29, 1.82) is 0 Å².